The third-order valence-electron chi connectivity index (χ3n) is 5.85. The van der Waals surface area contributed by atoms with E-state index in [1.807, 2.05) is 6.08 Å². The van der Waals surface area contributed by atoms with Gasteiger partial charge >= 0.3 is 0 Å². The van der Waals surface area contributed by atoms with Crippen LogP contribution in [0.15, 0.2) is 34.4 Å². The number of rotatable bonds is 5. The van der Waals surface area contributed by atoms with Crippen molar-refractivity contribution in [2.75, 3.05) is 33.4 Å². The highest BCUT2D eigenvalue weighted by atomic mass is 16.5. The maximum atomic E-state index is 5.36. The molecule has 3 aliphatic heterocycles. The molecule has 0 amide bonds. The zero-order valence-electron chi connectivity index (χ0n) is 17.1. The maximum Gasteiger partial charge on any atom is 0.172 e. The number of ether oxygens (including phenoxy) is 1. The molecule has 7 nitrogen and oxygen atoms in total. The van der Waals surface area contributed by atoms with Gasteiger partial charge in [0.05, 0.1) is 37.0 Å². The van der Waals surface area contributed by atoms with Crippen LogP contribution in [0.4, 0.5) is 0 Å². The van der Waals surface area contributed by atoms with E-state index < -0.39 is 0 Å². The fraction of sp³-hybridized carbons (Fsp3) is 0.571. The Hall–Kier alpha value is -2.25. The van der Waals surface area contributed by atoms with Gasteiger partial charge in [-0.05, 0) is 57.5 Å². The number of aromatic nitrogens is 2. The van der Waals surface area contributed by atoms with Gasteiger partial charge in [0.1, 0.15) is 0 Å². The monoisotopic (exact) mass is 382 g/mol. The van der Waals surface area contributed by atoms with Crippen LogP contribution in [0, 0.1) is 0 Å². The van der Waals surface area contributed by atoms with Gasteiger partial charge in [-0.15, -0.1) is 0 Å². The van der Waals surface area contributed by atoms with Crippen LogP contribution in [0.25, 0.3) is 5.57 Å². The Bertz CT molecular complexity index is 822. The molecular formula is C21H30N6O. The SMILES string of the molecule is C=C(/C=C1/NC=NC1=NC)c1cc(C2CCN(C3COC3)CC2)n(C(C)C)n1. The molecule has 7 heteroatoms. The lowest BCUT2D eigenvalue weighted by Gasteiger charge is -2.41. The number of amidine groups is 1. The van der Waals surface area contributed by atoms with Gasteiger partial charge in [-0.25, -0.2) is 4.99 Å². The summed E-state index contributed by atoms with van der Waals surface area (Å²) in [5, 5.41) is 8.01. The third-order valence-corrected chi connectivity index (χ3v) is 5.85. The first-order valence-electron chi connectivity index (χ1n) is 10.1. The summed E-state index contributed by atoms with van der Waals surface area (Å²) < 4.78 is 7.54. The van der Waals surface area contributed by atoms with E-state index in [4.69, 9.17) is 9.84 Å². The zero-order chi connectivity index (χ0) is 19.7. The third kappa shape index (κ3) is 3.69. The molecule has 2 fully saturated rings. The van der Waals surface area contributed by atoms with E-state index in [0.717, 1.165) is 43.3 Å². The molecule has 0 atom stereocenters. The second kappa shape index (κ2) is 8.01. The van der Waals surface area contributed by atoms with Crippen molar-refractivity contribution in [2.24, 2.45) is 9.98 Å². The van der Waals surface area contributed by atoms with E-state index in [1.54, 1.807) is 13.4 Å². The Morgan fingerprint density at radius 3 is 2.71 bits per heavy atom. The molecule has 0 saturated carbocycles. The highest BCUT2D eigenvalue weighted by Crippen LogP contribution is 2.33. The van der Waals surface area contributed by atoms with Gasteiger partial charge in [0.25, 0.3) is 0 Å². The summed E-state index contributed by atoms with van der Waals surface area (Å²) in [5.74, 6) is 1.24. The molecule has 0 unspecified atom stereocenters. The minimum atomic E-state index is 0.322. The van der Waals surface area contributed by atoms with Crippen LogP contribution in [0.1, 0.15) is 50.0 Å². The summed E-state index contributed by atoms with van der Waals surface area (Å²) in [5.41, 5.74) is 3.99. The number of hydrogen-bond donors (Lipinski definition) is 1. The Morgan fingerprint density at radius 2 is 2.11 bits per heavy atom. The highest BCUT2D eigenvalue weighted by molar-refractivity contribution is 6.09. The smallest absolute Gasteiger partial charge is 0.172 e. The lowest BCUT2D eigenvalue weighted by molar-refractivity contribution is -0.0714. The lowest BCUT2D eigenvalue weighted by atomic mass is 9.91. The van der Waals surface area contributed by atoms with E-state index in [0.29, 0.717) is 23.8 Å². The molecule has 1 N–H and O–H groups in total. The Morgan fingerprint density at radius 1 is 1.36 bits per heavy atom. The van der Waals surface area contributed by atoms with Gasteiger partial charge < -0.3 is 10.1 Å². The summed E-state index contributed by atoms with van der Waals surface area (Å²) in [4.78, 5) is 11.0. The van der Waals surface area contributed by atoms with Gasteiger partial charge in [-0.2, -0.15) is 5.10 Å². The topological polar surface area (TPSA) is 67.0 Å². The van der Waals surface area contributed by atoms with E-state index >= 15 is 0 Å². The van der Waals surface area contributed by atoms with Crippen LogP contribution in [0.3, 0.4) is 0 Å². The second-order valence-corrected chi connectivity index (χ2v) is 8.03. The molecule has 0 aliphatic carbocycles. The average molecular weight is 383 g/mol. The van der Waals surface area contributed by atoms with Crippen molar-refractivity contribution in [3.8, 4) is 0 Å². The number of aliphatic imine (C=N–C) groups is 2. The second-order valence-electron chi connectivity index (χ2n) is 8.03. The van der Waals surface area contributed by atoms with Crippen LogP contribution < -0.4 is 5.32 Å². The van der Waals surface area contributed by atoms with Gasteiger partial charge in [-0.1, -0.05) is 6.58 Å². The Balaban J connectivity index is 1.51. The first-order valence-corrected chi connectivity index (χ1v) is 10.1. The number of hydrogen-bond acceptors (Lipinski definition) is 5. The number of likely N-dealkylation sites (tertiary alicyclic amines) is 1. The Labute approximate surface area is 166 Å². The van der Waals surface area contributed by atoms with Gasteiger partial charge in [-0.3, -0.25) is 14.6 Å². The summed E-state index contributed by atoms with van der Waals surface area (Å²) in [6.45, 7) is 12.7. The molecule has 3 aliphatic rings. The van der Waals surface area contributed by atoms with Crippen molar-refractivity contribution in [2.45, 2.75) is 44.7 Å². The molecule has 0 radical (unpaired) electrons. The molecule has 0 bridgehead atoms. The van der Waals surface area contributed by atoms with Crippen molar-refractivity contribution in [3.05, 3.63) is 35.8 Å². The molecule has 2 saturated heterocycles. The van der Waals surface area contributed by atoms with Gasteiger partial charge in [0, 0.05) is 24.7 Å². The van der Waals surface area contributed by atoms with Crippen LogP contribution in [-0.2, 0) is 4.74 Å². The quantitative estimate of drug-likeness (QED) is 0.850. The molecule has 0 spiro atoms. The minimum Gasteiger partial charge on any atom is -0.378 e. The average Bonchev–Trinajstić information content (AvgIpc) is 3.27. The highest BCUT2D eigenvalue weighted by Gasteiger charge is 2.31. The molecule has 150 valence electrons. The van der Waals surface area contributed by atoms with E-state index in [-0.39, 0.29) is 0 Å². The van der Waals surface area contributed by atoms with Crippen molar-refractivity contribution in [1.82, 2.24) is 20.0 Å². The van der Waals surface area contributed by atoms with Gasteiger partial charge in [0.15, 0.2) is 5.84 Å². The molecule has 4 rings (SSSR count). The summed E-state index contributed by atoms with van der Waals surface area (Å²) in [6, 6.07) is 3.18. The largest absolute Gasteiger partial charge is 0.378 e. The van der Waals surface area contributed by atoms with E-state index in [2.05, 4.69) is 51.4 Å². The predicted octanol–water partition coefficient (Wildman–Crippen LogP) is 2.60. The molecule has 0 aromatic carbocycles. The van der Waals surface area contributed by atoms with Crippen molar-refractivity contribution in [1.29, 1.82) is 0 Å². The van der Waals surface area contributed by atoms with E-state index in [1.165, 1.54) is 18.5 Å². The molecule has 28 heavy (non-hydrogen) atoms. The van der Waals surface area contributed by atoms with Crippen molar-refractivity contribution < 1.29 is 4.74 Å². The number of allylic oxidation sites excluding steroid dienone is 2. The zero-order valence-corrected chi connectivity index (χ0v) is 17.1. The summed E-state index contributed by atoms with van der Waals surface area (Å²) in [7, 11) is 1.74. The number of piperidine rings is 1. The molecule has 4 heterocycles. The molecular weight excluding hydrogens is 352 g/mol. The summed E-state index contributed by atoms with van der Waals surface area (Å²) >= 11 is 0. The van der Waals surface area contributed by atoms with Crippen LogP contribution in [0.5, 0.6) is 0 Å². The summed E-state index contributed by atoms with van der Waals surface area (Å²) in [6.07, 6.45) is 5.97. The number of nitrogens with zero attached hydrogens (tertiary/aromatic N) is 5. The normalized spacial score (nSPS) is 24.3. The fourth-order valence-corrected chi connectivity index (χ4v) is 4.11. The van der Waals surface area contributed by atoms with Gasteiger partial charge in [0.2, 0.25) is 0 Å². The van der Waals surface area contributed by atoms with Crippen LogP contribution in [0.2, 0.25) is 0 Å². The van der Waals surface area contributed by atoms with Crippen molar-refractivity contribution in [3.63, 3.8) is 0 Å². The Kier molecular flexibility index (Phi) is 5.46. The maximum absolute atomic E-state index is 5.36. The molecule has 1 aromatic heterocycles. The molecule has 1 aromatic rings. The lowest BCUT2D eigenvalue weighted by Crippen LogP contribution is -2.51. The standard InChI is InChI=1S/C21H30N6O/c1-14(2)27-20(16-5-7-26(8-6-16)17-11-28-12-17)10-18(25-27)15(3)9-19-21(22-4)24-13-23-19/h9-10,13-14,16-17H,3,5-8,11-12H2,1-2,4H3,(H,22,23,24)/b19-9+. The van der Waals surface area contributed by atoms with Crippen molar-refractivity contribution >= 4 is 17.7 Å². The predicted molar refractivity (Wildman–Crippen MR) is 113 cm³/mol. The first kappa shape index (κ1) is 19.1. The minimum absolute atomic E-state index is 0.322. The van der Waals surface area contributed by atoms with E-state index in [9.17, 15) is 0 Å². The first-order chi connectivity index (χ1) is 13.6. The number of nitrogens with one attached hydrogen (secondary N) is 1. The van der Waals surface area contributed by atoms with Crippen LogP contribution >= 0.6 is 0 Å². The van der Waals surface area contributed by atoms with Crippen LogP contribution in [-0.4, -0.2) is 66.2 Å². The fourth-order valence-electron chi connectivity index (χ4n) is 4.11.